The second-order valence-electron chi connectivity index (χ2n) is 6.70. The lowest BCUT2D eigenvalue weighted by molar-refractivity contribution is 0.172. The largest absolute Gasteiger partial charge is 0.392 e. The number of hydrogen-bond donors (Lipinski definition) is 1. The fraction of sp³-hybridized carbons (Fsp3) is 0.500. The van der Waals surface area contributed by atoms with Crippen LogP contribution in [0, 0.1) is 12.7 Å². The molecule has 1 aromatic carbocycles. The van der Waals surface area contributed by atoms with Gasteiger partial charge in [0, 0.05) is 36.9 Å². The molecule has 0 aliphatic carbocycles. The maximum atomic E-state index is 13.5. The molecule has 5 heteroatoms. The van der Waals surface area contributed by atoms with E-state index in [0.29, 0.717) is 19.0 Å². The first-order valence-electron chi connectivity index (χ1n) is 8.16. The Balaban J connectivity index is 1.83. The minimum absolute atomic E-state index is 0.0440. The first kappa shape index (κ1) is 16.1. The summed E-state index contributed by atoms with van der Waals surface area (Å²) < 4.78 is 15.5. The van der Waals surface area contributed by atoms with Gasteiger partial charge < -0.3 is 5.11 Å². The number of rotatable bonds is 4. The van der Waals surface area contributed by atoms with Crippen LogP contribution in [0.4, 0.5) is 4.39 Å². The van der Waals surface area contributed by atoms with Crippen molar-refractivity contribution in [1.82, 2.24) is 14.7 Å². The molecule has 3 rings (SSSR count). The first-order chi connectivity index (χ1) is 10.9. The van der Waals surface area contributed by atoms with Crippen LogP contribution in [-0.2, 0) is 6.54 Å². The van der Waals surface area contributed by atoms with Crippen LogP contribution in [0.1, 0.15) is 49.2 Å². The highest BCUT2D eigenvalue weighted by Crippen LogP contribution is 2.34. The lowest BCUT2D eigenvalue weighted by Crippen LogP contribution is -2.24. The zero-order valence-corrected chi connectivity index (χ0v) is 13.9. The van der Waals surface area contributed by atoms with Crippen LogP contribution in [0.15, 0.2) is 30.5 Å². The average molecular weight is 317 g/mol. The van der Waals surface area contributed by atoms with Crippen molar-refractivity contribution in [2.45, 2.75) is 51.9 Å². The van der Waals surface area contributed by atoms with Gasteiger partial charge >= 0.3 is 0 Å². The smallest absolute Gasteiger partial charge is 0.123 e. The van der Waals surface area contributed by atoms with Gasteiger partial charge in [-0.1, -0.05) is 12.1 Å². The normalized spacial score (nSPS) is 22.2. The summed E-state index contributed by atoms with van der Waals surface area (Å²) in [4.78, 5) is 2.22. The van der Waals surface area contributed by atoms with Gasteiger partial charge in [-0.15, -0.1) is 0 Å². The maximum absolute atomic E-state index is 13.5. The van der Waals surface area contributed by atoms with Crippen molar-refractivity contribution in [2.24, 2.45) is 0 Å². The van der Waals surface area contributed by atoms with Crippen molar-refractivity contribution in [2.75, 3.05) is 6.54 Å². The van der Waals surface area contributed by atoms with Crippen molar-refractivity contribution >= 4 is 0 Å². The molecule has 1 aliphatic heterocycles. The van der Waals surface area contributed by atoms with E-state index in [0.717, 1.165) is 23.4 Å². The van der Waals surface area contributed by atoms with Gasteiger partial charge in [0.2, 0.25) is 0 Å². The summed E-state index contributed by atoms with van der Waals surface area (Å²) in [7, 11) is 0. The molecular formula is C18H24FN3O. The molecule has 1 fully saturated rings. The summed E-state index contributed by atoms with van der Waals surface area (Å²) in [6.07, 6.45) is 2.34. The standard InChI is InChI=1S/C18H24FN3O/c1-12(2)22-10-15(13(3)20-22)9-21-11-17(23)8-18(21)14-5-4-6-16(19)7-14/h4-7,10,12,17-18,23H,8-9,11H2,1-3H3. The van der Waals surface area contributed by atoms with E-state index in [9.17, 15) is 9.50 Å². The Bertz CT molecular complexity index is 683. The quantitative estimate of drug-likeness (QED) is 0.941. The third-order valence-electron chi connectivity index (χ3n) is 4.54. The summed E-state index contributed by atoms with van der Waals surface area (Å²) >= 11 is 0. The van der Waals surface area contributed by atoms with Gasteiger partial charge in [-0.2, -0.15) is 5.10 Å². The molecule has 2 aromatic rings. The molecule has 1 aliphatic rings. The molecule has 124 valence electrons. The summed E-state index contributed by atoms with van der Waals surface area (Å²) in [5.41, 5.74) is 3.10. The molecule has 0 saturated carbocycles. The third kappa shape index (κ3) is 3.46. The Morgan fingerprint density at radius 3 is 2.83 bits per heavy atom. The van der Waals surface area contributed by atoms with Gasteiger partial charge in [0.1, 0.15) is 5.82 Å². The second kappa shape index (κ2) is 6.42. The average Bonchev–Trinajstić information content (AvgIpc) is 3.03. The van der Waals surface area contributed by atoms with Gasteiger partial charge in [-0.05, 0) is 44.9 Å². The number of aryl methyl sites for hydroxylation is 1. The SMILES string of the molecule is Cc1nn(C(C)C)cc1CN1CC(O)CC1c1cccc(F)c1. The van der Waals surface area contributed by atoms with Crippen molar-refractivity contribution < 1.29 is 9.50 Å². The summed E-state index contributed by atoms with van der Waals surface area (Å²) in [5, 5.41) is 14.6. The number of likely N-dealkylation sites (tertiary alicyclic amines) is 1. The monoisotopic (exact) mass is 317 g/mol. The Kier molecular flexibility index (Phi) is 4.50. The Morgan fingerprint density at radius 1 is 1.39 bits per heavy atom. The van der Waals surface area contributed by atoms with Crippen LogP contribution in [0.2, 0.25) is 0 Å². The van der Waals surface area contributed by atoms with E-state index in [1.807, 2.05) is 17.7 Å². The molecule has 2 heterocycles. The molecule has 1 aromatic heterocycles. The van der Waals surface area contributed by atoms with E-state index < -0.39 is 0 Å². The highest BCUT2D eigenvalue weighted by Gasteiger charge is 2.32. The lowest BCUT2D eigenvalue weighted by Gasteiger charge is -2.24. The lowest BCUT2D eigenvalue weighted by atomic mass is 10.0. The molecule has 2 atom stereocenters. The number of halogens is 1. The predicted octanol–water partition coefficient (Wildman–Crippen LogP) is 3.22. The molecule has 0 bridgehead atoms. The number of nitrogens with zero attached hydrogens (tertiary/aromatic N) is 3. The van der Waals surface area contributed by atoms with Crippen LogP contribution >= 0.6 is 0 Å². The van der Waals surface area contributed by atoms with E-state index in [4.69, 9.17) is 0 Å². The first-order valence-corrected chi connectivity index (χ1v) is 8.16. The van der Waals surface area contributed by atoms with E-state index in [1.54, 1.807) is 12.1 Å². The number of hydrogen-bond acceptors (Lipinski definition) is 3. The maximum Gasteiger partial charge on any atom is 0.123 e. The fourth-order valence-corrected chi connectivity index (χ4v) is 3.27. The van der Waals surface area contributed by atoms with E-state index in [2.05, 4.69) is 30.0 Å². The van der Waals surface area contributed by atoms with Crippen LogP contribution < -0.4 is 0 Å². The van der Waals surface area contributed by atoms with Crippen molar-refractivity contribution in [1.29, 1.82) is 0 Å². The Labute approximate surface area is 136 Å². The molecule has 0 spiro atoms. The number of aliphatic hydroxyl groups excluding tert-OH is 1. The van der Waals surface area contributed by atoms with Gasteiger partial charge in [0.05, 0.1) is 11.8 Å². The molecule has 1 N–H and O–H groups in total. The molecule has 0 radical (unpaired) electrons. The topological polar surface area (TPSA) is 41.3 Å². The summed E-state index contributed by atoms with van der Waals surface area (Å²) in [6.45, 7) is 7.54. The van der Waals surface area contributed by atoms with Crippen LogP contribution in [0.3, 0.4) is 0 Å². The zero-order chi connectivity index (χ0) is 16.6. The highest BCUT2D eigenvalue weighted by atomic mass is 19.1. The van der Waals surface area contributed by atoms with Gasteiger partial charge in [0.15, 0.2) is 0 Å². The minimum Gasteiger partial charge on any atom is -0.392 e. The Morgan fingerprint density at radius 2 is 2.17 bits per heavy atom. The molecule has 23 heavy (non-hydrogen) atoms. The number of aliphatic hydroxyl groups is 1. The predicted molar refractivity (Wildman–Crippen MR) is 87.5 cm³/mol. The fourth-order valence-electron chi connectivity index (χ4n) is 3.27. The van der Waals surface area contributed by atoms with Crippen molar-refractivity contribution in [3.63, 3.8) is 0 Å². The molecule has 4 nitrogen and oxygen atoms in total. The van der Waals surface area contributed by atoms with Crippen LogP contribution in [0.5, 0.6) is 0 Å². The number of aromatic nitrogens is 2. The molecule has 2 unspecified atom stereocenters. The van der Waals surface area contributed by atoms with Gasteiger partial charge in [0.25, 0.3) is 0 Å². The van der Waals surface area contributed by atoms with Crippen LogP contribution in [-0.4, -0.2) is 32.4 Å². The molecular weight excluding hydrogens is 293 g/mol. The van der Waals surface area contributed by atoms with Crippen LogP contribution in [0.25, 0.3) is 0 Å². The van der Waals surface area contributed by atoms with E-state index in [-0.39, 0.29) is 18.0 Å². The summed E-state index contributed by atoms with van der Waals surface area (Å²) in [6, 6.07) is 7.06. The molecule has 1 saturated heterocycles. The second-order valence-corrected chi connectivity index (χ2v) is 6.70. The number of benzene rings is 1. The molecule has 0 amide bonds. The van der Waals surface area contributed by atoms with Gasteiger partial charge in [-0.25, -0.2) is 4.39 Å². The minimum atomic E-state index is -0.372. The van der Waals surface area contributed by atoms with Crippen molar-refractivity contribution in [3.8, 4) is 0 Å². The van der Waals surface area contributed by atoms with Gasteiger partial charge in [-0.3, -0.25) is 9.58 Å². The third-order valence-corrected chi connectivity index (χ3v) is 4.54. The highest BCUT2D eigenvalue weighted by molar-refractivity contribution is 5.23. The van der Waals surface area contributed by atoms with E-state index >= 15 is 0 Å². The zero-order valence-electron chi connectivity index (χ0n) is 13.9. The summed E-state index contributed by atoms with van der Waals surface area (Å²) in [5.74, 6) is -0.229. The number of β-amino-alcohol motifs (C(OH)–C–C–N with tert-alkyl or cyclic N) is 1. The Hall–Kier alpha value is -1.72. The van der Waals surface area contributed by atoms with E-state index in [1.165, 1.54) is 6.07 Å². The van der Waals surface area contributed by atoms with Crippen molar-refractivity contribution in [3.05, 3.63) is 53.1 Å².